The fraction of sp³-hybridized carbons (Fsp3) is 0.111. The van der Waals surface area contributed by atoms with Gasteiger partial charge in [0.1, 0.15) is 11.6 Å². The maximum absolute atomic E-state index is 13.6. The molecule has 0 aliphatic rings. The fourth-order valence-electron chi connectivity index (χ4n) is 3.85. The van der Waals surface area contributed by atoms with Gasteiger partial charge in [0, 0.05) is 48.6 Å². The van der Waals surface area contributed by atoms with Crippen molar-refractivity contribution in [2.45, 2.75) is 6.42 Å². The third-order valence-corrected chi connectivity index (χ3v) is 5.74. The molecule has 3 aromatic carbocycles. The van der Waals surface area contributed by atoms with Crippen molar-refractivity contribution in [3.63, 3.8) is 0 Å². The molecule has 5 aromatic rings. The molecule has 2 aromatic heterocycles. The molecule has 6 nitrogen and oxygen atoms in total. The maximum atomic E-state index is 13.6. The first-order valence-electron chi connectivity index (χ1n) is 11.0. The van der Waals surface area contributed by atoms with Crippen LogP contribution in [0, 0.1) is 11.6 Å². The van der Waals surface area contributed by atoms with Gasteiger partial charge in [-0.15, -0.1) is 0 Å². The number of aryl methyl sites for hydroxylation is 1. The summed E-state index contributed by atoms with van der Waals surface area (Å²) in [5.74, 6) is -0.942. The summed E-state index contributed by atoms with van der Waals surface area (Å²) in [6, 6.07) is 17.0. The van der Waals surface area contributed by atoms with Gasteiger partial charge in [0.15, 0.2) is 0 Å². The number of carbonyl (C=O) groups is 1. The highest BCUT2D eigenvalue weighted by Crippen LogP contribution is 2.31. The number of benzene rings is 3. The zero-order valence-corrected chi connectivity index (χ0v) is 18.9. The Bertz CT molecular complexity index is 1510. The van der Waals surface area contributed by atoms with E-state index in [9.17, 15) is 13.6 Å². The largest absolute Gasteiger partial charge is 0.352 e. The Morgan fingerprint density at radius 3 is 2.03 bits per heavy atom. The minimum atomic E-state index is -0.365. The van der Waals surface area contributed by atoms with E-state index in [4.69, 9.17) is 9.97 Å². The Hall–Kier alpha value is -4.46. The highest BCUT2D eigenvalue weighted by molar-refractivity contribution is 5.98. The van der Waals surface area contributed by atoms with Crippen LogP contribution in [0.1, 0.15) is 16.1 Å². The van der Waals surface area contributed by atoms with Gasteiger partial charge in [-0.25, -0.2) is 23.7 Å². The minimum absolute atomic E-state index is 0.221. The van der Waals surface area contributed by atoms with Crippen molar-refractivity contribution in [1.82, 2.24) is 24.8 Å². The summed E-state index contributed by atoms with van der Waals surface area (Å²) < 4.78 is 29.0. The van der Waals surface area contributed by atoms with E-state index in [1.54, 1.807) is 55.0 Å². The number of halogens is 2. The molecule has 2 heterocycles. The predicted molar refractivity (Wildman–Crippen MR) is 130 cm³/mol. The Morgan fingerprint density at radius 2 is 1.46 bits per heavy atom. The number of carbonyl (C=O) groups excluding carboxylic acids is 1. The maximum Gasteiger partial charge on any atom is 0.251 e. The summed E-state index contributed by atoms with van der Waals surface area (Å²) in [6.45, 7) is 0.465. The zero-order chi connectivity index (χ0) is 24.4. The van der Waals surface area contributed by atoms with Crippen molar-refractivity contribution < 1.29 is 13.6 Å². The number of hydrogen-bond acceptors (Lipinski definition) is 4. The average molecular weight is 469 g/mol. The molecule has 1 amide bonds. The second kappa shape index (κ2) is 9.42. The average Bonchev–Trinajstić information content (AvgIpc) is 3.28. The summed E-state index contributed by atoms with van der Waals surface area (Å²) in [6.07, 6.45) is 4.15. The Labute approximate surface area is 200 Å². The van der Waals surface area contributed by atoms with Crippen LogP contribution in [0.2, 0.25) is 0 Å². The summed E-state index contributed by atoms with van der Waals surface area (Å²) in [4.78, 5) is 26.4. The van der Waals surface area contributed by atoms with Crippen LogP contribution >= 0.6 is 0 Å². The van der Waals surface area contributed by atoms with Crippen molar-refractivity contribution in [2.24, 2.45) is 7.05 Å². The second-order valence-electron chi connectivity index (χ2n) is 8.14. The van der Waals surface area contributed by atoms with Crippen LogP contribution in [0.15, 0.2) is 79.3 Å². The molecule has 35 heavy (non-hydrogen) atoms. The molecule has 0 bridgehead atoms. The van der Waals surface area contributed by atoms with E-state index in [1.165, 1.54) is 24.3 Å². The van der Waals surface area contributed by atoms with Gasteiger partial charge in [-0.2, -0.15) is 0 Å². The van der Waals surface area contributed by atoms with Gasteiger partial charge in [0.05, 0.1) is 28.7 Å². The van der Waals surface area contributed by atoms with E-state index in [0.717, 1.165) is 5.69 Å². The molecule has 0 saturated heterocycles. The number of fused-ring (bicyclic) bond motifs is 1. The number of nitrogens with zero attached hydrogens (tertiary/aromatic N) is 4. The van der Waals surface area contributed by atoms with Gasteiger partial charge in [-0.05, 0) is 66.7 Å². The van der Waals surface area contributed by atoms with E-state index in [2.05, 4.69) is 10.3 Å². The van der Waals surface area contributed by atoms with Crippen molar-refractivity contribution >= 4 is 16.9 Å². The number of aromatic nitrogens is 4. The number of imidazole rings is 1. The zero-order valence-electron chi connectivity index (χ0n) is 18.9. The highest BCUT2D eigenvalue weighted by atomic mass is 19.1. The van der Waals surface area contributed by atoms with Crippen LogP contribution < -0.4 is 5.32 Å². The van der Waals surface area contributed by atoms with Crippen LogP contribution in [0.5, 0.6) is 0 Å². The summed E-state index contributed by atoms with van der Waals surface area (Å²) in [7, 11) is 1.91. The van der Waals surface area contributed by atoms with Crippen LogP contribution in [0.4, 0.5) is 8.78 Å². The second-order valence-corrected chi connectivity index (χ2v) is 8.14. The molecule has 174 valence electrons. The van der Waals surface area contributed by atoms with Crippen molar-refractivity contribution in [2.75, 3.05) is 6.54 Å². The van der Waals surface area contributed by atoms with E-state index >= 15 is 0 Å². The monoisotopic (exact) mass is 469 g/mol. The smallest absolute Gasteiger partial charge is 0.251 e. The first kappa shape index (κ1) is 22.3. The van der Waals surface area contributed by atoms with Crippen molar-refractivity contribution in [1.29, 1.82) is 0 Å². The van der Waals surface area contributed by atoms with Gasteiger partial charge in [0.2, 0.25) is 0 Å². The minimum Gasteiger partial charge on any atom is -0.352 e. The number of hydrogen-bond donors (Lipinski definition) is 1. The van der Waals surface area contributed by atoms with E-state index in [1.807, 2.05) is 11.6 Å². The third-order valence-electron chi connectivity index (χ3n) is 5.74. The van der Waals surface area contributed by atoms with Gasteiger partial charge >= 0.3 is 0 Å². The molecule has 0 aliphatic carbocycles. The SMILES string of the molecule is Cn1cncc1CCNC(=O)c1ccc2nc(-c3ccc(F)cc3)c(-c3ccc(F)cc3)nc2c1. The molecule has 0 saturated carbocycles. The molecule has 8 heteroatoms. The Balaban J connectivity index is 1.49. The molecule has 0 fully saturated rings. The molecule has 0 spiro atoms. The van der Waals surface area contributed by atoms with E-state index in [-0.39, 0.29) is 17.5 Å². The van der Waals surface area contributed by atoms with Gasteiger partial charge in [-0.3, -0.25) is 4.79 Å². The first-order valence-corrected chi connectivity index (χ1v) is 11.0. The number of nitrogens with one attached hydrogen (secondary N) is 1. The summed E-state index contributed by atoms with van der Waals surface area (Å²) in [5, 5.41) is 2.92. The van der Waals surface area contributed by atoms with Crippen LogP contribution in [0.25, 0.3) is 33.5 Å². The lowest BCUT2D eigenvalue weighted by molar-refractivity contribution is 0.0954. The lowest BCUT2D eigenvalue weighted by Gasteiger charge is -2.12. The molecule has 0 atom stereocenters. The molecule has 1 N–H and O–H groups in total. The lowest BCUT2D eigenvalue weighted by atomic mass is 10.0. The quantitative estimate of drug-likeness (QED) is 0.382. The normalized spacial score (nSPS) is 11.1. The topological polar surface area (TPSA) is 72.7 Å². The molecule has 0 unspecified atom stereocenters. The van der Waals surface area contributed by atoms with E-state index in [0.29, 0.717) is 52.1 Å². The van der Waals surface area contributed by atoms with E-state index < -0.39 is 0 Å². The Kier molecular flexibility index (Phi) is 6.01. The predicted octanol–water partition coefficient (Wildman–Crippen LogP) is 4.95. The van der Waals surface area contributed by atoms with Gasteiger partial charge in [0.25, 0.3) is 5.91 Å². The van der Waals surface area contributed by atoms with Crippen molar-refractivity contribution in [3.05, 3.63) is 102 Å². The fourth-order valence-corrected chi connectivity index (χ4v) is 3.85. The number of rotatable bonds is 6. The first-order chi connectivity index (χ1) is 17.0. The molecular weight excluding hydrogens is 448 g/mol. The highest BCUT2D eigenvalue weighted by Gasteiger charge is 2.15. The molecule has 0 aliphatic heterocycles. The van der Waals surface area contributed by atoms with Crippen LogP contribution in [-0.2, 0) is 13.5 Å². The third kappa shape index (κ3) is 4.77. The molecular formula is C27H21F2N5O. The Morgan fingerprint density at radius 1 is 0.857 bits per heavy atom. The van der Waals surface area contributed by atoms with Gasteiger partial charge in [-0.1, -0.05) is 0 Å². The lowest BCUT2D eigenvalue weighted by Crippen LogP contribution is -2.26. The van der Waals surface area contributed by atoms with Gasteiger partial charge < -0.3 is 9.88 Å². The summed E-state index contributed by atoms with van der Waals surface area (Å²) >= 11 is 0. The summed E-state index contributed by atoms with van der Waals surface area (Å²) in [5.41, 5.74) is 4.97. The van der Waals surface area contributed by atoms with Crippen molar-refractivity contribution in [3.8, 4) is 22.5 Å². The van der Waals surface area contributed by atoms with Crippen LogP contribution in [-0.4, -0.2) is 32.0 Å². The van der Waals surface area contributed by atoms with Crippen LogP contribution in [0.3, 0.4) is 0 Å². The molecule has 5 rings (SSSR count). The molecule has 0 radical (unpaired) electrons. The standard InChI is InChI=1S/C27H21F2N5O/c1-34-16-30-15-22(34)12-13-31-27(35)19-6-11-23-24(14-19)33-26(18-4-9-21(29)10-5-18)25(32-23)17-2-7-20(28)8-3-17/h2-11,14-16H,12-13H2,1H3,(H,31,35). The number of amides is 1.